The summed E-state index contributed by atoms with van der Waals surface area (Å²) < 4.78 is 33.6. The molecule has 6 nitrogen and oxygen atoms in total. The van der Waals surface area contributed by atoms with Crippen molar-refractivity contribution >= 4 is 17.4 Å². The molecule has 2 aromatic rings. The van der Waals surface area contributed by atoms with Gasteiger partial charge in [0.15, 0.2) is 5.78 Å². The molecule has 2 aromatic carbocycles. The number of rotatable bonds is 20. The van der Waals surface area contributed by atoms with Crippen LogP contribution in [0.25, 0.3) is 0 Å². The van der Waals surface area contributed by atoms with Crippen LogP contribution >= 0.6 is 11.6 Å². The molecule has 46 heavy (non-hydrogen) atoms. The molecule has 7 heteroatoms. The summed E-state index contributed by atoms with van der Waals surface area (Å²) in [6.07, 6.45) is 7.90. The third-order valence-corrected chi connectivity index (χ3v) is 9.69. The third-order valence-electron chi connectivity index (χ3n) is 9.34. The Kier molecular flexibility index (Phi) is 15.0. The molecule has 1 heterocycles. The average Bonchev–Trinajstić information content (AvgIpc) is 3.32. The molecule has 1 aliphatic heterocycles. The van der Waals surface area contributed by atoms with E-state index in [1.165, 1.54) is 11.1 Å². The molecule has 5 atom stereocenters. The van der Waals surface area contributed by atoms with Gasteiger partial charge in [0.2, 0.25) is 0 Å². The molecule has 2 aliphatic rings. The number of ether oxygens (including phenoxy) is 5. The van der Waals surface area contributed by atoms with Crippen molar-refractivity contribution in [1.29, 1.82) is 0 Å². The maximum Gasteiger partial charge on any atom is 0.166 e. The van der Waals surface area contributed by atoms with Crippen molar-refractivity contribution in [2.45, 2.75) is 135 Å². The monoisotopic (exact) mass is 656 g/mol. The van der Waals surface area contributed by atoms with Crippen LogP contribution in [0, 0.1) is 0 Å². The molecule has 256 valence electrons. The molecule has 0 bridgehead atoms. The SMILES string of the molecule is CCCCOC[C@H]1O[C@]2(CC(=O)c3cc(Cl)c(Cc4ccc(CC)cc4)cc32)[C@H](OCCCC)[C@@H](OCCCC)[C@@H]1OCCCC. The second-order valence-corrected chi connectivity index (χ2v) is 13.3. The fourth-order valence-electron chi connectivity index (χ4n) is 6.56. The summed E-state index contributed by atoms with van der Waals surface area (Å²) in [4.78, 5) is 13.9. The molecule has 4 rings (SSSR count). The minimum absolute atomic E-state index is 0.0168. The normalized spacial score (nSPS) is 24.2. The van der Waals surface area contributed by atoms with E-state index in [4.69, 9.17) is 35.3 Å². The molecule has 0 aromatic heterocycles. The number of unbranched alkanes of at least 4 members (excludes halogenated alkanes) is 4. The fourth-order valence-corrected chi connectivity index (χ4v) is 6.79. The Bertz CT molecular complexity index is 1220. The van der Waals surface area contributed by atoms with Crippen LogP contribution in [0.5, 0.6) is 0 Å². The average molecular weight is 657 g/mol. The highest BCUT2D eigenvalue weighted by molar-refractivity contribution is 6.32. The summed E-state index contributed by atoms with van der Waals surface area (Å²) in [7, 11) is 0. The summed E-state index contributed by atoms with van der Waals surface area (Å²) in [5.41, 5.74) is 3.86. The van der Waals surface area contributed by atoms with Gasteiger partial charge in [-0.05, 0) is 66.8 Å². The van der Waals surface area contributed by atoms with Crippen LogP contribution in [0.2, 0.25) is 5.02 Å². The Morgan fingerprint density at radius 1 is 0.783 bits per heavy atom. The van der Waals surface area contributed by atoms with Crippen molar-refractivity contribution in [3.8, 4) is 0 Å². The first-order valence-corrected chi connectivity index (χ1v) is 18.3. The van der Waals surface area contributed by atoms with E-state index in [2.05, 4.69) is 65.0 Å². The van der Waals surface area contributed by atoms with Crippen LogP contribution in [-0.2, 0) is 42.1 Å². The van der Waals surface area contributed by atoms with E-state index in [1.54, 1.807) is 0 Å². The van der Waals surface area contributed by atoms with E-state index in [0.29, 0.717) is 50.0 Å². The predicted molar refractivity (Wildman–Crippen MR) is 185 cm³/mol. The van der Waals surface area contributed by atoms with E-state index >= 15 is 0 Å². The van der Waals surface area contributed by atoms with Gasteiger partial charge in [-0.2, -0.15) is 0 Å². The first kappa shape index (κ1) is 37.0. The summed E-state index contributed by atoms with van der Waals surface area (Å²) in [5.74, 6) is 0.0168. The number of halogens is 1. The first-order chi connectivity index (χ1) is 22.4. The number of benzene rings is 2. The molecule has 0 saturated carbocycles. The van der Waals surface area contributed by atoms with Crippen molar-refractivity contribution in [2.24, 2.45) is 0 Å². The Morgan fingerprint density at radius 3 is 2.00 bits per heavy atom. The number of Topliss-reactive ketones (excluding diaryl/α,β-unsaturated/α-hetero) is 1. The lowest BCUT2D eigenvalue weighted by Gasteiger charge is -2.52. The molecular formula is C39H57ClO6. The molecular weight excluding hydrogens is 600 g/mol. The van der Waals surface area contributed by atoms with E-state index in [-0.39, 0.29) is 18.3 Å². The van der Waals surface area contributed by atoms with Gasteiger partial charge < -0.3 is 23.7 Å². The number of aryl methyl sites for hydroxylation is 1. The lowest BCUT2D eigenvalue weighted by Crippen LogP contribution is -2.65. The van der Waals surface area contributed by atoms with Gasteiger partial charge in [-0.25, -0.2) is 0 Å². The van der Waals surface area contributed by atoms with E-state index in [9.17, 15) is 4.79 Å². The lowest BCUT2D eigenvalue weighted by molar-refractivity contribution is -0.305. The zero-order valence-electron chi connectivity index (χ0n) is 28.9. The van der Waals surface area contributed by atoms with Crippen LogP contribution in [0.4, 0.5) is 0 Å². The molecule has 0 amide bonds. The minimum atomic E-state index is -1.04. The summed E-state index contributed by atoms with van der Waals surface area (Å²) in [6.45, 7) is 13.5. The highest BCUT2D eigenvalue weighted by Gasteiger charge is 2.61. The first-order valence-electron chi connectivity index (χ1n) is 18.0. The molecule has 1 spiro atoms. The van der Waals surface area contributed by atoms with Gasteiger partial charge in [-0.15, -0.1) is 0 Å². The van der Waals surface area contributed by atoms with Gasteiger partial charge in [0, 0.05) is 43.4 Å². The van der Waals surface area contributed by atoms with E-state index < -0.39 is 23.9 Å². The Labute approximate surface area is 282 Å². The number of fused-ring (bicyclic) bond motifs is 2. The maximum atomic E-state index is 13.9. The Morgan fingerprint density at radius 2 is 1.37 bits per heavy atom. The molecule has 1 saturated heterocycles. The number of ketones is 1. The van der Waals surface area contributed by atoms with Gasteiger partial charge in [0.05, 0.1) is 6.61 Å². The molecule has 1 aliphatic carbocycles. The van der Waals surface area contributed by atoms with Crippen molar-refractivity contribution < 1.29 is 28.5 Å². The van der Waals surface area contributed by atoms with Gasteiger partial charge >= 0.3 is 0 Å². The van der Waals surface area contributed by atoms with Gasteiger partial charge in [-0.1, -0.05) is 102 Å². The van der Waals surface area contributed by atoms with E-state index in [0.717, 1.165) is 68.9 Å². The largest absolute Gasteiger partial charge is 0.379 e. The maximum absolute atomic E-state index is 13.9. The Hall–Kier alpha value is -1.80. The quantitative estimate of drug-likeness (QED) is 0.133. The number of carbonyl (C=O) groups is 1. The van der Waals surface area contributed by atoms with E-state index in [1.807, 2.05) is 6.07 Å². The summed E-state index contributed by atoms with van der Waals surface area (Å²) in [5, 5.41) is 0.596. The fraction of sp³-hybridized carbons (Fsp3) is 0.667. The topological polar surface area (TPSA) is 63.2 Å². The van der Waals surface area contributed by atoms with Crippen molar-refractivity contribution in [3.63, 3.8) is 0 Å². The Balaban J connectivity index is 1.80. The molecule has 0 N–H and O–H groups in total. The van der Waals surface area contributed by atoms with Crippen LogP contribution < -0.4 is 0 Å². The summed E-state index contributed by atoms with van der Waals surface area (Å²) in [6, 6.07) is 12.6. The molecule has 0 unspecified atom stereocenters. The lowest BCUT2D eigenvalue weighted by atomic mass is 9.79. The highest BCUT2D eigenvalue weighted by Crippen LogP contribution is 2.51. The second-order valence-electron chi connectivity index (χ2n) is 12.9. The van der Waals surface area contributed by atoms with Crippen molar-refractivity contribution in [2.75, 3.05) is 33.0 Å². The van der Waals surface area contributed by atoms with Crippen LogP contribution in [-0.4, -0.2) is 63.2 Å². The third kappa shape index (κ3) is 9.00. The molecule has 0 radical (unpaired) electrons. The van der Waals surface area contributed by atoms with Gasteiger partial charge in [-0.3, -0.25) is 4.79 Å². The summed E-state index contributed by atoms with van der Waals surface area (Å²) >= 11 is 6.89. The zero-order valence-corrected chi connectivity index (χ0v) is 29.7. The van der Waals surface area contributed by atoms with Crippen LogP contribution in [0.15, 0.2) is 36.4 Å². The van der Waals surface area contributed by atoms with Crippen molar-refractivity contribution in [3.05, 3.63) is 69.2 Å². The van der Waals surface area contributed by atoms with Crippen LogP contribution in [0.1, 0.15) is 125 Å². The minimum Gasteiger partial charge on any atom is -0.379 e. The molecule has 1 fully saturated rings. The van der Waals surface area contributed by atoms with Gasteiger partial charge in [0.25, 0.3) is 0 Å². The second kappa shape index (κ2) is 18.7. The number of carbonyl (C=O) groups excluding carboxylic acids is 1. The standard InChI is InChI=1S/C39H57ClO6/c1-6-11-19-42-27-35-36(43-20-12-7-2)37(44-21-13-8-3)38(45-22-14-9-4)39(46-35)26-34(41)31-25-33(40)30(24-32(31)39)23-29-17-15-28(10-5)16-18-29/h15-18,24-25,35-38H,6-14,19-23,26-27H2,1-5H3/t35-,36-,37+,38-,39+/m1/s1. The number of hydrogen-bond donors (Lipinski definition) is 0. The van der Waals surface area contributed by atoms with Crippen molar-refractivity contribution in [1.82, 2.24) is 0 Å². The number of hydrogen-bond acceptors (Lipinski definition) is 6. The zero-order chi connectivity index (χ0) is 32.9. The van der Waals surface area contributed by atoms with Crippen LogP contribution in [0.3, 0.4) is 0 Å². The smallest absolute Gasteiger partial charge is 0.166 e. The highest BCUT2D eigenvalue weighted by atomic mass is 35.5. The predicted octanol–water partition coefficient (Wildman–Crippen LogP) is 9.05. The van der Waals surface area contributed by atoms with Gasteiger partial charge in [0.1, 0.15) is 30.0 Å².